The molecule has 0 saturated carbocycles. The first-order valence-electron chi connectivity index (χ1n) is 3.55. The number of hydrogen-bond donors (Lipinski definition) is 0. The Labute approximate surface area is 88.1 Å². The smallest absolute Gasteiger partial charge is 0.137 e. The summed E-state index contributed by atoms with van der Waals surface area (Å²) in [4.78, 5) is 0.999. The molecular weight excluding hydrogens is 260 g/mol. The van der Waals surface area contributed by atoms with Gasteiger partial charge in [0.25, 0.3) is 0 Å². The lowest BCUT2D eigenvalue weighted by Gasteiger charge is -2.04. The molecule has 0 bridgehead atoms. The van der Waals surface area contributed by atoms with E-state index in [1.165, 1.54) is 16.5 Å². The molecule has 1 aromatic rings. The molecule has 1 nitrogen and oxygen atoms in total. The summed E-state index contributed by atoms with van der Waals surface area (Å²) in [6.07, 6.45) is 0.985. The highest BCUT2D eigenvalue weighted by Crippen LogP contribution is 2.40. The molecule has 0 aromatic heterocycles. The largest absolute Gasteiger partial charge is 0.492 e. The van der Waals surface area contributed by atoms with Crippen LogP contribution in [-0.4, -0.2) is 6.61 Å². The summed E-state index contributed by atoms with van der Waals surface area (Å²) in [5.41, 5.74) is 1.24. The molecule has 12 heavy (non-hydrogen) atoms. The van der Waals surface area contributed by atoms with Gasteiger partial charge in [-0.05, 0) is 39.4 Å². The van der Waals surface area contributed by atoms with Crippen molar-refractivity contribution >= 4 is 37.6 Å². The van der Waals surface area contributed by atoms with Crippen LogP contribution in [0.5, 0.6) is 5.75 Å². The fraction of sp³-hybridized carbons (Fsp3) is 0.250. The van der Waals surface area contributed by atoms with Crippen molar-refractivity contribution in [2.24, 2.45) is 0 Å². The van der Waals surface area contributed by atoms with Crippen LogP contribution < -0.4 is 4.74 Å². The van der Waals surface area contributed by atoms with Gasteiger partial charge < -0.3 is 4.74 Å². The van der Waals surface area contributed by atoms with Gasteiger partial charge in [0.2, 0.25) is 0 Å². The Bertz CT molecular complexity index is 316. The van der Waals surface area contributed by atoms with Crippen molar-refractivity contribution in [3.05, 3.63) is 22.2 Å². The maximum atomic E-state index is 5.70. The Morgan fingerprint density at radius 3 is 3.08 bits per heavy atom. The SMILES string of the molecule is ClSc1cc(Br)cc2c1OCC2. The van der Waals surface area contributed by atoms with Gasteiger partial charge >= 0.3 is 0 Å². The Hall–Kier alpha value is 0.140. The number of rotatable bonds is 1. The molecule has 0 fully saturated rings. The summed E-state index contributed by atoms with van der Waals surface area (Å²) < 4.78 is 6.51. The molecule has 64 valence electrons. The van der Waals surface area contributed by atoms with Crippen LogP contribution in [0.25, 0.3) is 0 Å². The first-order valence-corrected chi connectivity index (χ1v) is 5.98. The molecule has 0 saturated heterocycles. The summed E-state index contributed by atoms with van der Waals surface area (Å²) >= 11 is 3.43. The molecule has 1 aliphatic rings. The molecule has 1 aromatic carbocycles. The molecule has 0 N–H and O–H groups in total. The van der Waals surface area contributed by atoms with E-state index in [1.807, 2.05) is 6.07 Å². The van der Waals surface area contributed by atoms with Crippen LogP contribution >= 0.6 is 37.6 Å². The number of ether oxygens (including phenoxy) is 1. The van der Waals surface area contributed by atoms with Crippen LogP contribution in [0.3, 0.4) is 0 Å². The minimum Gasteiger partial charge on any atom is -0.492 e. The summed E-state index contributed by atoms with van der Waals surface area (Å²) in [6, 6.07) is 4.06. The van der Waals surface area contributed by atoms with Crippen molar-refractivity contribution in [1.29, 1.82) is 0 Å². The lowest BCUT2D eigenvalue weighted by molar-refractivity contribution is 0.350. The van der Waals surface area contributed by atoms with Gasteiger partial charge in [0.05, 0.1) is 11.5 Å². The molecule has 0 unspecified atom stereocenters. The van der Waals surface area contributed by atoms with Crippen LogP contribution in [0.1, 0.15) is 5.56 Å². The fourth-order valence-electron chi connectivity index (χ4n) is 1.29. The molecule has 0 radical (unpaired) electrons. The van der Waals surface area contributed by atoms with Gasteiger partial charge in [0.15, 0.2) is 0 Å². The quantitative estimate of drug-likeness (QED) is 0.767. The predicted molar refractivity (Wildman–Crippen MR) is 55.1 cm³/mol. The standard InChI is InChI=1S/C8H6BrClOS/c9-6-3-5-1-2-11-8(5)7(4-6)12-10/h3-4H,1-2H2. The minimum atomic E-state index is 0.774. The summed E-state index contributed by atoms with van der Waals surface area (Å²) in [6.45, 7) is 0.774. The number of benzene rings is 1. The van der Waals surface area contributed by atoms with Crippen molar-refractivity contribution in [3.8, 4) is 5.75 Å². The van der Waals surface area contributed by atoms with Crippen molar-refractivity contribution in [3.63, 3.8) is 0 Å². The molecule has 1 heterocycles. The molecule has 0 aliphatic carbocycles. The second-order valence-electron chi connectivity index (χ2n) is 2.57. The van der Waals surface area contributed by atoms with E-state index in [4.69, 9.17) is 15.4 Å². The van der Waals surface area contributed by atoms with Crippen LogP contribution in [0.2, 0.25) is 0 Å². The zero-order chi connectivity index (χ0) is 8.55. The van der Waals surface area contributed by atoms with E-state index in [2.05, 4.69) is 22.0 Å². The van der Waals surface area contributed by atoms with Crippen molar-refractivity contribution in [2.75, 3.05) is 6.61 Å². The van der Waals surface area contributed by atoms with Gasteiger partial charge in [0.1, 0.15) is 5.75 Å². The summed E-state index contributed by atoms with van der Waals surface area (Å²) in [5, 5.41) is 0. The summed E-state index contributed by atoms with van der Waals surface area (Å²) in [5.74, 6) is 0.957. The monoisotopic (exact) mass is 264 g/mol. The topological polar surface area (TPSA) is 9.23 Å². The van der Waals surface area contributed by atoms with E-state index < -0.39 is 0 Å². The van der Waals surface area contributed by atoms with E-state index in [0.717, 1.165) is 28.1 Å². The average molecular weight is 266 g/mol. The first-order chi connectivity index (χ1) is 5.81. The third kappa shape index (κ3) is 1.45. The third-order valence-electron chi connectivity index (χ3n) is 1.80. The lowest BCUT2D eigenvalue weighted by Crippen LogP contribution is -1.87. The van der Waals surface area contributed by atoms with Gasteiger partial charge in [-0.25, -0.2) is 0 Å². The van der Waals surface area contributed by atoms with Crippen LogP contribution in [-0.2, 0) is 6.42 Å². The molecule has 0 atom stereocenters. The lowest BCUT2D eigenvalue weighted by atomic mass is 10.2. The Morgan fingerprint density at radius 1 is 1.50 bits per heavy atom. The number of halogens is 2. The number of hydrogen-bond acceptors (Lipinski definition) is 2. The predicted octanol–water partition coefficient (Wildman–Crippen LogP) is 3.63. The third-order valence-corrected chi connectivity index (χ3v) is 3.22. The zero-order valence-corrected chi connectivity index (χ0v) is 9.30. The Morgan fingerprint density at radius 2 is 2.33 bits per heavy atom. The van der Waals surface area contributed by atoms with Crippen molar-refractivity contribution in [2.45, 2.75) is 11.3 Å². The molecule has 1 aliphatic heterocycles. The highest BCUT2D eigenvalue weighted by Gasteiger charge is 2.17. The molecule has 2 rings (SSSR count). The molecule has 0 spiro atoms. The van der Waals surface area contributed by atoms with E-state index in [-0.39, 0.29) is 0 Å². The summed E-state index contributed by atoms with van der Waals surface area (Å²) in [7, 11) is 6.90. The van der Waals surface area contributed by atoms with E-state index in [0.29, 0.717) is 0 Å². The van der Waals surface area contributed by atoms with Crippen molar-refractivity contribution < 1.29 is 4.74 Å². The fourth-order valence-corrected chi connectivity index (χ4v) is 2.72. The van der Waals surface area contributed by atoms with E-state index in [9.17, 15) is 0 Å². The van der Waals surface area contributed by atoms with E-state index >= 15 is 0 Å². The Balaban J connectivity index is 2.55. The highest BCUT2D eigenvalue weighted by atomic mass is 79.9. The van der Waals surface area contributed by atoms with Gasteiger partial charge in [-0.15, -0.1) is 0 Å². The molecule has 4 heteroatoms. The molecular formula is C8H6BrClOS. The zero-order valence-electron chi connectivity index (χ0n) is 6.14. The van der Waals surface area contributed by atoms with Gasteiger partial charge in [0, 0.05) is 10.9 Å². The highest BCUT2D eigenvalue weighted by molar-refractivity contribution is 9.10. The van der Waals surface area contributed by atoms with Gasteiger partial charge in [-0.3, -0.25) is 0 Å². The van der Waals surface area contributed by atoms with Crippen LogP contribution in [0, 0.1) is 0 Å². The number of fused-ring (bicyclic) bond motifs is 1. The van der Waals surface area contributed by atoms with Crippen molar-refractivity contribution in [1.82, 2.24) is 0 Å². The van der Waals surface area contributed by atoms with Gasteiger partial charge in [-0.1, -0.05) is 15.9 Å². The maximum Gasteiger partial charge on any atom is 0.137 e. The first kappa shape index (κ1) is 8.73. The van der Waals surface area contributed by atoms with Crippen LogP contribution in [0.15, 0.2) is 21.5 Å². The van der Waals surface area contributed by atoms with Gasteiger partial charge in [-0.2, -0.15) is 0 Å². The second kappa shape index (κ2) is 3.48. The normalized spacial score (nSPS) is 14.2. The van der Waals surface area contributed by atoms with E-state index in [1.54, 1.807) is 0 Å². The average Bonchev–Trinajstić information content (AvgIpc) is 2.50. The Kier molecular flexibility index (Phi) is 2.53. The molecule has 0 amide bonds. The minimum absolute atomic E-state index is 0.774. The maximum absolute atomic E-state index is 5.70. The second-order valence-corrected chi connectivity index (χ2v) is 4.54. The van der Waals surface area contributed by atoms with Crippen LogP contribution in [0.4, 0.5) is 0 Å².